The van der Waals surface area contributed by atoms with Crippen molar-refractivity contribution in [2.24, 2.45) is 5.92 Å². The Hall–Kier alpha value is -2.62. The lowest BCUT2D eigenvalue weighted by Gasteiger charge is -2.28. The zero-order valence-corrected chi connectivity index (χ0v) is 18.8. The van der Waals surface area contributed by atoms with E-state index in [1.807, 2.05) is 36.4 Å². The van der Waals surface area contributed by atoms with Crippen LogP contribution in [0.2, 0.25) is 0 Å². The summed E-state index contributed by atoms with van der Waals surface area (Å²) in [5.41, 5.74) is 1.39. The highest BCUT2D eigenvalue weighted by Crippen LogP contribution is 2.36. The zero-order valence-electron chi connectivity index (χ0n) is 18.8. The van der Waals surface area contributed by atoms with E-state index in [1.54, 1.807) is 18.2 Å². The van der Waals surface area contributed by atoms with Gasteiger partial charge in [-0.2, -0.15) is 0 Å². The van der Waals surface area contributed by atoms with Crippen LogP contribution in [0.5, 0.6) is 5.75 Å². The Labute approximate surface area is 191 Å². The van der Waals surface area contributed by atoms with Crippen molar-refractivity contribution in [1.82, 2.24) is 0 Å². The summed E-state index contributed by atoms with van der Waals surface area (Å²) < 4.78 is 11.6. The van der Waals surface area contributed by atoms with Crippen LogP contribution < -0.4 is 4.74 Å². The molecule has 1 atom stereocenters. The highest BCUT2D eigenvalue weighted by molar-refractivity contribution is 5.91. The first-order valence-electron chi connectivity index (χ1n) is 12.3. The van der Waals surface area contributed by atoms with Crippen LogP contribution in [-0.4, -0.2) is 18.0 Å². The van der Waals surface area contributed by atoms with Crippen LogP contribution in [0.25, 0.3) is 0 Å². The number of ether oxygens (including phenoxy) is 2. The molecular weight excluding hydrogens is 400 g/mol. The number of esters is 2. The molecule has 2 aromatic carbocycles. The smallest absolute Gasteiger partial charge is 0.343 e. The molecule has 2 fully saturated rings. The monoisotopic (exact) mass is 434 g/mol. The standard InChI is InChI=1S/C28H34O4/c29-27(22-13-6-2-7-14-22)32-25-18-10-15-23(20-25)26(19-21-11-4-1-5-12-21)28(30)31-24-16-8-3-9-17-24/h2,6-7,10,13-15,18,20-21,24,26H,1,3-5,8-9,11-12,16-17,19H2. The maximum Gasteiger partial charge on any atom is 0.343 e. The van der Waals surface area contributed by atoms with E-state index >= 15 is 0 Å². The largest absolute Gasteiger partial charge is 0.462 e. The molecule has 0 spiro atoms. The number of rotatable bonds is 7. The van der Waals surface area contributed by atoms with E-state index < -0.39 is 5.97 Å². The second kappa shape index (κ2) is 11.3. The Morgan fingerprint density at radius 2 is 1.50 bits per heavy atom. The Bertz CT molecular complexity index is 879. The summed E-state index contributed by atoms with van der Waals surface area (Å²) in [5, 5.41) is 0. The van der Waals surface area contributed by atoms with Gasteiger partial charge in [-0.3, -0.25) is 4.79 Å². The summed E-state index contributed by atoms with van der Waals surface area (Å²) in [7, 11) is 0. The van der Waals surface area contributed by atoms with Crippen molar-refractivity contribution >= 4 is 11.9 Å². The van der Waals surface area contributed by atoms with Gasteiger partial charge in [-0.25, -0.2) is 4.79 Å². The molecule has 4 nitrogen and oxygen atoms in total. The molecule has 0 aromatic heterocycles. The van der Waals surface area contributed by atoms with Gasteiger partial charge < -0.3 is 9.47 Å². The summed E-state index contributed by atoms with van der Waals surface area (Å²) in [6.07, 6.45) is 12.4. The van der Waals surface area contributed by atoms with Gasteiger partial charge in [0.1, 0.15) is 11.9 Å². The van der Waals surface area contributed by atoms with Crippen molar-refractivity contribution in [1.29, 1.82) is 0 Å². The predicted octanol–water partition coefficient (Wildman–Crippen LogP) is 6.84. The molecule has 2 aliphatic carbocycles. The van der Waals surface area contributed by atoms with Gasteiger partial charge >= 0.3 is 11.9 Å². The number of benzene rings is 2. The average molecular weight is 435 g/mol. The second-order valence-corrected chi connectivity index (χ2v) is 9.32. The number of carbonyl (C=O) groups excluding carboxylic acids is 2. The molecule has 2 aliphatic rings. The third kappa shape index (κ3) is 6.21. The van der Waals surface area contributed by atoms with Crippen LogP contribution in [0, 0.1) is 5.92 Å². The molecule has 0 bridgehead atoms. The summed E-state index contributed by atoms with van der Waals surface area (Å²) in [6.45, 7) is 0. The first kappa shape index (κ1) is 22.6. The van der Waals surface area contributed by atoms with Crippen LogP contribution in [-0.2, 0) is 9.53 Å². The van der Waals surface area contributed by atoms with Crippen molar-refractivity contribution in [2.75, 3.05) is 0 Å². The van der Waals surface area contributed by atoms with Crippen molar-refractivity contribution in [2.45, 2.75) is 82.7 Å². The number of carbonyl (C=O) groups is 2. The van der Waals surface area contributed by atoms with Crippen LogP contribution >= 0.6 is 0 Å². The molecule has 0 radical (unpaired) electrons. The summed E-state index contributed by atoms with van der Waals surface area (Å²) in [5.74, 6) is 0.194. The number of hydrogen-bond donors (Lipinski definition) is 0. The average Bonchev–Trinajstić information content (AvgIpc) is 2.84. The molecule has 2 saturated carbocycles. The molecule has 0 amide bonds. The van der Waals surface area contributed by atoms with E-state index in [9.17, 15) is 9.59 Å². The third-order valence-electron chi connectivity index (χ3n) is 6.89. The highest BCUT2D eigenvalue weighted by atomic mass is 16.5. The Balaban J connectivity index is 1.50. The van der Waals surface area contributed by atoms with Crippen LogP contribution in [0.3, 0.4) is 0 Å². The van der Waals surface area contributed by atoms with E-state index in [1.165, 1.54) is 38.5 Å². The predicted molar refractivity (Wildman–Crippen MR) is 125 cm³/mol. The van der Waals surface area contributed by atoms with Crippen molar-refractivity contribution in [3.63, 3.8) is 0 Å². The van der Waals surface area contributed by atoms with Crippen molar-refractivity contribution in [3.05, 3.63) is 65.7 Å². The third-order valence-corrected chi connectivity index (χ3v) is 6.89. The molecule has 4 heteroatoms. The van der Waals surface area contributed by atoms with E-state index in [0.717, 1.165) is 37.7 Å². The summed E-state index contributed by atoms with van der Waals surface area (Å²) >= 11 is 0. The minimum Gasteiger partial charge on any atom is -0.462 e. The van der Waals surface area contributed by atoms with Crippen LogP contribution in [0.15, 0.2) is 54.6 Å². The van der Waals surface area contributed by atoms with Gasteiger partial charge in [-0.05, 0) is 67.9 Å². The Kier molecular flexibility index (Phi) is 7.97. The summed E-state index contributed by atoms with van der Waals surface area (Å²) in [4.78, 5) is 25.8. The molecule has 0 aliphatic heterocycles. The minimum atomic E-state index is -0.392. The van der Waals surface area contributed by atoms with Gasteiger partial charge in [0.25, 0.3) is 0 Å². The van der Waals surface area contributed by atoms with E-state index in [-0.39, 0.29) is 18.0 Å². The number of hydrogen-bond acceptors (Lipinski definition) is 4. The van der Waals surface area contributed by atoms with Gasteiger partial charge in [-0.15, -0.1) is 0 Å². The molecule has 0 heterocycles. The van der Waals surface area contributed by atoms with E-state index in [2.05, 4.69) is 0 Å². The zero-order chi connectivity index (χ0) is 22.2. The minimum absolute atomic E-state index is 0.0456. The first-order valence-corrected chi connectivity index (χ1v) is 12.3. The molecule has 0 N–H and O–H groups in total. The van der Waals surface area contributed by atoms with Gasteiger partial charge in [0, 0.05) is 0 Å². The van der Waals surface area contributed by atoms with Gasteiger partial charge in [0.2, 0.25) is 0 Å². The van der Waals surface area contributed by atoms with Gasteiger partial charge in [0.05, 0.1) is 11.5 Å². The Morgan fingerprint density at radius 3 is 2.22 bits per heavy atom. The maximum atomic E-state index is 13.3. The van der Waals surface area contributed by atoms with E-state index in [4.69, 9.17) is 9.47 Å². The molecule has 1 unspecified atom stereocenters. The summed E-state index contributed by atoms with van der Waals surface area (Å²) in [6, 6.07) is 16.4. The fraction of sp³-hybridized carbons (Fsp3) is 0.500. The van der Waals surface area contributed by atoms with Crippen molar-refractivity contribution in [3.8, 4) is 5.75 Å². The first-order chi connectivity index (χ1) is 15.7. The van der Waals surface area contributed by atoms with Gasteiger partial charge in [-0.1, -0.05) is 68.9 Å². The molecule has 0 saturated heterocycles. The lowest BCUT2D eigenvalue weighted by atomic mass is 9.80. The topological polar surface area (TPSA) is 52.6 Å². The molecule has 4 rings (SSSR count). The van der Waals surface area contributed by atoms with E-state index in [0.29, 0.717) is 17.2 Å². The van der Waals surface area contributed by atoms with Crippen molar-refractivity contribution < 1.29 is 19.1 Å². The quantitative estimate of drug-likeness (QED) is 0.354. The fourth-order valence-corrected chi connectivity index (χ4v) is 5.09. The highest BCUT2D eigenvalue weighted by Gasteiger charge is 2.30. The fourth-order valence-electron chi connectivity index (χ4n) is 5.09. The maximum absolute atomic E-state index is 13.3. The second-order valence-electron chi connectivity index (χ2n) is 9.32. The molecule has 2 aromatic rings. The molecule has 170 valence electrons. The lowest BCUT2D eigenvalue weighted by Crippen LogP contribution is -2.26. The SMILES string of the molecule is O=C(Oc1cccc(C(CC2CCCCC2)C(=O)OC2CCCCC2)c1)c1ccccc1. The molecular formula is C28H34O4. The normalized spacial score (nSPS) is 18.6. The van der Waals surface area contributed by atoms with Crippen LogP contribution in [0.1, 0.15) is 92.5 Å². The van der Waals surface area contributed by atoms with Crippen LogP contribution in [0.4, 0.5) is 0 Å². The lowest BCUT2D eigenvalue weighted by molar-refractivity contribution is -0.153. The van der Waals surface area contributed by atoms with Gasteiger partial charge in [0.15, 0.2) is 0 Å². The molecule has 32 heavy (non-hydrogen) atoms. The Morgan fingerprint density at radius 1 is 0.812 bits per heavy atom.